The van der Waals surface area contributed by atoms with E-state index >= 15 is 35.1 Å². The number of ether oxygens (including phenoxy) is 1. The minimum Gasteiger partial charge on any atom is -0.494 e. The van der Waals surface area contributed by atoms with Crippen LogP contribution in [0.2, 0.25) is 0 Å². The molecule has 2 nitrogen and oxygen atoms in total. The number of carbonyl (C=O) groups is 1. The summed E-state index contributed by atoms with van der Waals surface area (Å²) >= 11 is 0. The summed E-state index contributed by atoms with van der Waals surface area (Å²) in [6, 6.07) is 39.7. The molecule has 0 unspecified atom stereocenters. The number of rotatable bonds is 28. The SMILES string of the molecule is CCCCCCCCCCCCCCCCCCOc1ccc(C(=O)C[P+](c2ccccc2)(c2ccccc2)c2ccccc2)cc1.Fc1c(F)c(F)c([B-](c2c(F)c(F)c(F)c(F)c2F)(c2c(F)c(F)c(F)c(F)c2F)c2c(F)c(F)c(F)c(F)c2F)c(F)c1F. The van der Waals surface area contributed by atoms with E-state index in [0.29, 0.717) is 6.16 Å². The minimum absolute atomic E-state index is 0.166. The Bertz CT molecular complexity index is 3360. The van der Waals surface area contributed by atoms with Crippen LogP contribution in [0.3, 0.4) is 0 Å². The van der Waals surface area contributed by atoms with Crippen molar-refractivity contribution in [3.63, 3.8) is 0 Å². The normalized spacial score (nSPS) is 11.7. The average Bonchev–Trinajstić information content (AvgIpc) is 0.683. The van der Waals surface area contributed by atoms with E-state index in [4.69, 9.17) is 4.74 Å². The molecule has 8 aromatic carbocycles. The summed E-state index contributed by atoms with van der Waals surface area (Å²) < 4.78 is 300. The number of carbonyl (C=O) groups excluding carboxylic acids is 1. The Morgan fingerprint density at radius 1 is 0.304 bits per heavy atom. The van der Waals surface area contributed by atoms with E-state index < -0.39 is 152 Å². The zero-order valence-electron chi connectivity index (χ0n) is 49.1. The molecule has 0 amide bonds. The molecule has 8 rings (SSSR count). The molecule has 0 radical (unpaired) electrons. The van der Waals surface area contributed by atoms with Crippen LogP contribution < -0.4 is 42.5 Å². The molecule has 0 aromatic heterocycles. The van der Waals surface area contributed by atoms with Crippen molar-refractivity contribution in [3.05, 3.63) is 237 Å². The number of unbranched alkanes of at least 4 members (excludes halogenated alkanes) is 15. The smallest absolute Gasteiger partial charge is 0.201 e. The Morgan fingerprint density at radius 3 is 0.783 bits per heavy atom. The van der Waals surface area contributed by atoms with Crippen molar-refractivity contribution in [3.8, 4) is 5.75 Å². The van der Waals surface area contributed by atoms with Gasteiger partial charge in [0.2, 0.25) is 5.78 Å². The number of benzene rings is 8. The Kier molecular flexibility index (Phi) is 25.2. The fourth-order valence-corrected chi connectivity index (χ4v) is 15.6. The van der Waals surface area contributed by atoms with Crippen LogP contribution in [0.4, 0.5) is 87.8 Å². The first-order valence-corrected chi connectivity index (χ1v) is 31.5. The van der Waals surface area contributed by atoms with Gasteiger partial charge in [-0.3, -0.25) is 4.79 Å². The molecule has 0 aliphatic carbocycles. The van der Waals surface area contributed by atoms with Gasteiger partial charge >= 0.3 is 0 Å². The first kappa shape index (κ1) is 71.8. The number of halogens is 20. The first-order valence-electron chi connectivity index (χ1n) is 29.5. The maximum atomic E-state index is 15.4. The van der Waals surface area contributed by atoms with Crippen molar-refractivity contribution in [1.82, 2.24) is 0 Å². The summed E-state index contributed by atoms with van der Waals surface area (Å²) in [7, 11) is -2.22. The third-order valence-electron chi connectivity index (χ3n) is 16.1. The van der Waals surface area contributed by atoms with E-state index in [1.165, 1.54) is 112 Å². The van der Waals surface area contributed by atoms with E-state index in [1.54, 1.807) is 0 Å². The molecule has 490 valence electrons. The van der Waals surface area contributed by atoms with Gasteiger partial charge in [-0.15, -0.1) is 21.9 Å². The molecule has 92 heavy (non-hydrogen) atoms. The Balaban J connectivity index is 0.000000261. The molecule has 8 aromatic rings. The fourth-order valence-electron chi connectivity index (χ4n) is 11.5. The highest BCUT2D eigenvalue weighted by molar-refractivity contribution is 7.96. The molecule has 0 fully saturated rings. The largest absolute Gasteiger partial charge is 0.494 e. The highest BCUT2D eigenvalue weighted by Gasteiger charge is 2.53. The van der Waals surface area contributed by atoms with Gasteiger partial charge in [0.15, 0.2) is 69.8 Å². The Labute approximate surface area is 517 Å². The first-order chi connectivity index (χ1) is 43.9. The van der Waals surface area contributed by atoms with Gasteiger partial charge < -0.3 is 4.74 Å². The van der Waals surface area contributed by atoms with Gasteiger partial charge in [0.05, 0.1) is 6.61 Å². The van der Waals surface area contributed by atoms with Gasteiger partial charge in [0.1, 0.15) is 87.8 Å². The summed E-state index contributed by atoms with van der Waals surface area (Å²) in [4.78, 5) is 14.0. The summed E-state index contributed by atoms with van der Waals surface area (Å²) in [5.74, 6) is -70.4. The molecule has 0 saturated carbocycles. The van der Waals surface area contributed by atoms with E-state index in [1.807, 2.05) is 24.3 Å². The number of ketones is 1. The summed E-state index contributed by atoms with van der Waals surface area (Å²) in [6.07, 6.45) is 15.1. The Morgan fingerprint density at radius 2 is 0.533 bits per heavy atom. The van der Waals surface area contributed by atoms with Crippen molar-refractivity contribution >= 4 is 57.0 Å². The summed E-state index contributed by atoms with van der Waals surface area (Å²) in [5, 5.41) is 3.68. The van der Waals surface area contributed by atoms with Gasteiger partial charge in [0.25, 0.3) is 0 Å². The van der Waals surface area contributed by atoms with Crippen LogP contribution in [-0.4, -0.2) is 24.7 Å². The number of hydrogen-bond donors (Lipinski definition) is 0. The van der Waals surface area contributed by atoms with Gasteiger partial charge in [0, 0.05) is 5.56 Å². The molecule has 0 saturated heterocycles. The molecule has 0 aliphatic rings. The lowest BCUT2D eigenvalue weighted by atomic mass is 9.12. The van der Waals surface area contributed by atoms with Crippen LogP contribution in [0, 0.1) is 116 Å². The van der Waals surface area contributed by atoms with Crippen LogP contribution in [0.25, 0.3) is 0 Å². The molecule has 0 heterocycles. The lowest BCUT2D eigenvalue weighted by Gasteiger charge is -2.44. The van der Waals surface area contributed by atoms with Gasteiger partial charge in [-0.05, 0) is 67.1 Å². The van der Waals surface area contributed by atoms with Gasteiger partial charge in [-0.2, -0.15) is 0 Å². The van der Waals surface area contributed by atoms with Crippen molar-refractivity contribution in [2.24, 2.45) is 0 Å². The predicted octanol–water partition coefficient (Wildman–Crippen LogP) is 17.3. The van der Waals surface area contributed by atoms with Crippen molar-refractivity contribution < 1.29 is 97.3 Å². The second-order valence-electron chi connectivity index (χ2n) is 21.9. The van der Waals surface area contributed by atoms with E-state index in [0.717, 1.165) is 24.3 Å². The highest BCUT2D eigenvalue weighted by atomic mass is 31.2. The lowest BCUT2D eigenvalue weighted by molar-refractivity contribution is 0.102. The van der Waals surface area contributed by atoms with Crippen molar-refractivity contribution in [2.45, 2.75) is 110 Å². The van der Waals surface area contributed by atoms with E-state index in [-0.39, 0.29) is 5.78 Å². The maximum Gasteiger partial charge on any atom is 0.201 e. The van der Waals surface area contributed by atoms with Gasteiger partial charge in [-0.25, -0.2) is 87.8 Å². The monoisotopic (exact) mass is 1330 g/mol. The Hall–Kier alpha value is -7.68. The van der Waals surface area contributed by atoms with Crippen molar-refractivity contribution in [1.29, 1.82) is 0 Å². The zero-order chi connectivity index (χ0) is 67.2. The minimum atomic E-state index is -7.22. The van der Waals surface area contributed by atoms with Gasteiger partial charge in [-0.1, -0.05) is 158 Å². The third-order valence-corrected chi connectivity index (χ3v) is 20.4. The maximum absolute atomic E-state index is 15.4. The van der Waals surface area contributed by atoms with E-state index in [2.05, 4.69) is 97.9 Å². The molecule has 0 spiro atoms. The molecular formula is C68H58BF20O2P. The van der Waals surface area contributed by atoms with Crippen LogP contribution in [0.15, 0.2) is 115 Å². The number of Topliss-reactive ketones (excluding diaryl/α,β-unsaturated/α-hetero) is 1. The second-order valence-corrected chi connectivity index (χ2v) is 25.4. The molecule has 0 N–H and O–H groups in total. The van der Waals surface area contributed by atoms with Crippen molar-refractivity contribution in [2.75, 3.05) is 12.8 Å². The average molecular weight is 1330 g/mol. The highest BCUT2D eigenvalue weighted by Crippen LogP contribution is 2.55. The number of hydrogen-bond acceptors (Lipinski definition) is 2. The molecule has 0 atom stereocenters. The van der Waals surface area contributed by atoms with Crippen LogP contribution in [0.5, 0.6) is 5.75 Å². The second kappa shape index (κ2) is 32.3. The molecule has 24 heteroatoms. The molecule has 0 bridgehead atoms. The van der Waals surface area contributed by atoms with Crippen LogP contribution in [0.1, 0.15) is 120 Å². The fraction of sp³-hybridized carbons (Fsp3) is 0.279. The topological polar surface area (TPSA) is 26.3 Å². The van der Waals surface area contributed by atoms with E-state index in [9.17, 15) is 57.5 Å². The quantitative estimate of drug-likeness (QED) is 0.00929. The standard InChI is InChI=1S/C44H58O2P.C24BF20/c1-2-3-4-5-6-7-8-9-10-11-12-13-14-15-16-26-37-46-40-35-33-39(34-36-40)44(45)38-47(41-27-20-17-21-28-41,42-29-22-18-23-30-42)43-31-24-19-25-32-43;26-5-1(6(27)14(35)21(42)13(5)34)25(2-7(28)15(36)22(43)16(37)8(2)29,3-9(30)17(38)23(44)18(39)10(3)31)4-11(32)19(40)24(45)20(41)12(4)33/h17-25,27-36H,2-16,26,37-38H2,1H3;/q+1;-1. The zero-order valence-corrected chi connectivity index (χ0v) is 50.0. The predicted molar refractivity (Wildman–Crippen MR) is 315 cm³/mol. The summed E-state index contributed by atoms with van der Waals surface area (Å²) in [5.41, 5.74) is -13.6. The molecular weight excluding hydrogens is 1270 g/mol. The van der Waals surface area contributed by atoms with Crippen LogP contribution in [-0.2, 0) is 0 Å². The lowest BCUT2D eigenvalue weighted by Crippen LogP contribution is -2.81. The van der Waals surface area contributed by atoms with Crippen LogP contribution >= 0.6 is 7.26 Å². The molecule has 0 aliphatic heterocycles. The summed E-state index contributed by atoms with van der Waals surface area (Å²) in [6.45, 7) is 3.02. The third kappa shape index (κ3) is 14.7.